The molecule has 0 aliphatic carbocycles. The zero-order chi connectivity index (χ0) is 13.6. The van der Waals surface area contributed by atoms with Gasteiger partial charge in [0.2, 0.25) is 0 Å². The molecule has 0 amide bonds. The molecule has 0 saturated carbocycles. The summed E-state index contributed by atoms with van der Waals surface area (Å²) in [5.41, 5.74) is 7.87. The van der Waals surface area contributed by atoms with Gasteiger partial charge in [0.15, 0.2) is 0 Å². The molecule has 1 atom stereocenters. The Bertz CT molecular complexity index is 454. The number of benzene rings is 1. The van der Waals surface area contributed by atoms with Crippen LogP contribution in [0.25, 0.3) is 0 Å². The second kappa shape index (κ2) is 4.46. The van der Waals surface area contributed by atoms with Gasteiger partial charge in [-0.05, 0) is 58.7 Å². The number of aryl methyl sites for hydroxylation is 1. The van der Waals surface area contributed by atoms with E-state index < -0.39 is 0 Å². The largest absolute Gasteiger partial charge is 0.399 e. The Morgan fingerprint density at radius 2 is 1.94 bits per heavy atom. The van der Waals surface area contributed by atoms with Crippen LogP contribution in [0.4, 0.5) is 5.69 Å². The van der Waals surface area contributed by atoms with Crippen molar-refractivity contribution in [3.05, 3.63) is 23.8 Å². The van der Waals surface area contributed by atoms with Crippen molar-refractivity contribution in [3.8, 4) is 0 Å². The molecule has 2 N–H and O–H groups in total. The fourth-order valence-corrected chi connectivity index (χ4v) is 4.17. The predicted octanol–water partition coefficient (Wildman–Crippen LogP) is 4.02. The van der Waals surface area contributed by atoms with Crippen molar-refractivity contribution in [1.29, 1.82) is 0 Å². The average molecular weight is 265 g/mol. The van der Waals surface area contributed by atoms with Gasteiger partial charge < -0.3 is 10.5 Å². The quantitative estimate of drug-likeness (QED) is 0.820. The highest BCUT2D eigenvalue weighted by atomic mass is 32.2. The van der Waals surface area contributed by atoms with E-state index in [9.17, 15) is 0 Å². The van der Waals surface area contributed by atoms with Crippen molar-refractivity contribution in [3.63, 3.8) is 0 Å². The molecule has 1 aromatic carbocycles. The third-order valence-electron chi connectivity index (χ3n) is 3.47. The van der Waals surface area contributed by atoms with Gasteiger partial charge in [0, 0.05) is 15.8 Å². The van der Waals surface area contributed by atoms with E-state index in [0.29, 0.717) is 5.25 Å². The fraction of sp³-hybridized carbons (Fsp3) is 0.600. The minimum atomic E-state index is -0.0921. The van der Waals surface area contributed by atoms with Crippen LogP contribution in [0.5, 0.6) is 0 Å². The Hall–Kier alpha value is -0.670. The van der Waals surface area contributed by atoms with Crippen molar-refractivity contribution in [2.75, 3.05) is 5.73 Å². The summed E-state index contributed by atoms with van der Waals surface area (Å²) in [6.45, 7) is 10.8. The first kappa shape index (κ1) is 13.8. The zero-order valence-corrected chi connectivity index (χ0v) is 12.7. The molecule has 1 unspecified atom stereocenters. The van der Waals surface area contributed by atoms with Crippen LogP contribution in [0, 0.1) is 6.92 Å². The van der Waals surface area contributed by atoms with Crippen LogP contribution in [0.15, 0.2) is 23.1 Å². The van der Waals surface area contributed by atoms with Gasteiger partial charge >= 0.3 is 0 Å². The van der Waals surface area contributed by atoms with E-state index in [1.54, 1.807) is 0 Å². The van der Waals surface area contributed by atoms with E-state index in [2.05, 4.69) is 46.8 Å². The summed E-state index contributed by atoms with van der Waals surface area (Å²) >= 11 is 1.90. The summed E-state index contributed by atoms with van der Waals surface area (Å²) in [5.74, 6) is 0. The van der Waals surface area contributed by atoms with Crippen LogP contribution in [-0.4, -0.2) is 16.5 Å². The Morgan fingerprint density at radius 1 is 1.28 bits per heavy atom. The summed E-state index contributed by atoms with van der Waals surface area (Å²) < 4.78 is 6.14. The molecule has 2 rings (SSSR count). The number of nitrogen functional groups attached to an aromatic ring is 1. The lowest BCUT2D eigenvalue weighted by molar-refractivity contribution is -0.0631. The van der Waals surface area contributed by atoms with Crippen molar-refractivity contribution in [2.45, 2.75) is 62.4 Å². The highest BCUT2D eigenvalue weighted by Crippen LogP contribution is 2.46. The lowest BCUT2D eigenvalue weighted by Gasteiger charge is -2.27. The summed E-state index contributed by atoms with van der Waals surface area (Å²) in [7, 11) is 0. The minimum Gasteiger partial charge on any atom is -0.399 e. The standard InChI is InChI=1S/C15H23NOS/c1-10-6-7-11(16)8-12(10)18-13-9-14(2,3)17-15(13,4)5/h6-8,13H,9,16H2,1-5H3. The van der Waals surface area contributed by atoms with E-state index in [0.717, 1.165) is 12.1 Å². The number of anilines is 1. The summed E-state index contributed by atoms with van der Waals surface area (Å²) in [6.07, 6.45) is 1.07. The molecule has 0 radical (unpaired) electrons. The molecule has 0 bridgehead atoms. The molecule has 1 aliphatic rings. The maximum Gasteiger partial charge on any atom is 0.0756 e. The number of hydrogen-bond acceptors (Lipinski definition) is 3. The summed E-state index contributed by atoms with van der Waals surface area (Å²) in [4.78, 5) is 1.27. The van der Waals surface area contributed by atoms with Gasteiger partial charge in [0.1, 0.15) is 0 Å². The monoisotopic (exact) mass is 265 g/mol. The number of ether oxygens (including phenoxy) is 1. The number of rotatable bonds is 2. The molecule has 0 spiro atoms. The molecule has 3 heteroatoms. The van der Waals surface area contributed by atoms with Gasteiger partial charge in [-0.15, -0.1) is 11.8 Å². The summed E-state index contributed by atoms with van der Waals surface area (Å²) in [5, 5.41) is 0.466. The van der Waals surface area contributed by atoms with Gasteiger partial charge in [-0.2, -0.15) is 0 Å². The van der Waals surface area contributed by atoms with Crippen LogP contribution in [0.1, 0.15) is 39.7 Å². The smallest absolute Gasteiger partial charge is 0.0756 e. The van der Waals surface area contributed by atoms with Crippen molar-refractivity contribution in [2.24, 2.45) is 0 Å². The normalized spacial score (nSPS) is 25.3. The first-order valence-electron chi connectivity index (χ1n) is 6.43. The topological polar surface area (TPSA) is 35.2 Å². The molecular weight excluding hydrogens is 242 g/mol. The maximum absolute atomic E-state index is 6.14. The highest BCUT2D eigenvalue weighted by molar-refractivity contribution is 8.00. The van der Waals surface area contributed by atoms with Crippen molar-refractivity contribution >= 4 is 17.4 Å². The predicted molar refractivity (Wildman–Crippen MR) is 79.1 cm³/mol. The summed E-state index contributed by atoms with van der Waals surface area (Å²) in [6, 6.07) is 6.12. The number of thioether (sulfide) groups is 1. The first-order valence-corrected chi connectivity index (χ1v) is 7.30. The van der Waals surface area contributed by atoms with E-state index >= 15 is 0 Å². The molecule has 1 saturated heterocycles. The van der Waals surface area contributed by atoms with Crippen molar-refractivity contribution < 1.29 is 4.74 Å². The molecule has 2 nitrogen and oxygen atoms in total. The van der Waals surface area contributed by atoms with Gasteiger partial charge in [0.05, 0.1) is 11.2 Å². The zero-order valence-electron chi connectivity index (χ0n) is 11.9. The van der Waals surface area contributed by atoms with E-state index in [1.165, 1.54) is 10.5 Å². The second-order valence-electron chi connectivity index (χ2n) is 6.30. The van der Waals surface area contributed by atoms with Crippen molar-refractivity contribution in [1.82, 2.24) is 0 Å². The fourth-order valence-electron chi connectivity index (χ4n) is 2.59. The van der Waals surface area contributed by atoms with Gasteiger partial charge in [-0.1, -0.05) is 6.07 Å². The number of nitrogens with two attached hydrogens (primary N) is 1. The minimum absolute atomic E-state index is 0.0323. The van der Waals surface area contributed by atoms with Gasteiger partial charge in [-0.3, -0.25) is 0 Å². The Balaban J connectivity index is 2.21. The molecule has 1 aromatic rings. The Kier molecular flexibility index (Phi) is 3.41. The van der Waals surface area contributed by atoms with E-state index in [4.69, 9.17) is 10.5 Å². The number of hydrogen-bond donors (Lipinski definition) is 1. The van der Waals surface area contributed by atoms with Crippen LogP contribution in [0.2, 0.25) is 0 Å². The lowest BCUT2D eigenvalue weighted by atomic mass is 10.0. The van der Waals surface area contributed by atoms with Gasteiger partial charge in [-0.25, -0.2) is 0 Å². The molecule has 1 fully saturated rings. The van der Waals surface area contributed by atoms with Crippen LogP contribution < -0.4 is 5.73 Å². The molecule has 0 aromatic heterocycles. The third-order valence-corrected chi connectivity index (χ3v) is 5.19. The second-order valence-corrected chi connectivity index (χ2v) is 7.55. The van der Waals surface area contributed by atoms with Gasteiger partial charge in [0.25, 0.3) is 0 Å². The highest BCUT2D eigenvalue weighted by Gasteiger charge is 2.46. The molecule has 18 heavy (non-hydrogen) atoms. The molecule has 1 aliphatic heterocycles. The molecule has 1 heterocycles. The van der Waals surface area contributed by atoms with E-state index in [1.807, 2.05) is 17.8 Å². The van der Waals surface area contributed by atoms with Crippen LogP contribution in [-0.2, 0) is 4.74 Å². The Morgan fingerprint density at radius 3 is 2.50 bits per heavy atom. The third kappa shape index (κ3) is 2.83. The molecular formula is C15H23NOS. The first-order chi connectivity index (χ1) is 8.20. The molecule has 100 valence electrons. The maximum atomic E-state index is 6.14. The Labute approximate surface area is 114 Å². The van der Waals surface area contributed by atoms with E-state index in [-0.39, 0.29) is 11.2 Å². The average Bonchev–Trinajstić information content (AvgIpc) is 2.40. The van der Waals surface area contributed by atoms with Crippen LogP contribution in [0.3, 0.4) is 0 Å². The van der Waals surface area contributed by atoms with Crippen LogP contribution >= 0.6 is 11.8 Å². The lowest BCUT2D eigenvalue weighted by Crippen LogP contribution is -2.30. The SMILES string of the molecule is Cc1ccc(N)cc1SC1CC(C)(C)OC1(C)C.